The van der Waals surface area contributed by atoms with Crippen LogP contribution in [0.25, 0.3) is 0 Å². The van der Waals surface area contributed by atoms with Gasteiger partial charge in [-0.25, -0.2) is 0 Å². The van der Waals surface area contributed by atoms with Crippen molar-refractivity contribution >= 4 is 5.97 Å². The van der Waals surface area contributed by atoms with Gasteiger partial charge in [0.15, 0.2) is 0 Å². The number of carbonyl (C=O) groups is 1. The second-order valence-corrected chi connectivity index (χ2v) is 7.65. The molecule has 1 saturated carbocycles. The predicted molar refractivity (Wildman–Crippen MR) is 79.4 cm³/mol. The molecule has 114 valence electrons. The number of carbonyl (C=O) groups excluding carboxylic acids is 1. The van der Waals surface area contributed by atoms with Gasteiger partial charge in [-0.05, 0) is 51.4 Å². The second-order valence-electron chi connectivity index (χ2n) is 7.65. The normalized spacial score (nSPS) is 21.7. The highest BCUT2D eigenvalue weighted by Crippen LogP contribution is 2.37. The third-order valence-corrected chi connectivity index (χ3v) is 4.04. The van der Waals surface area contributed by atoms with Gasteiger partial charge in [-0.3, -0.25) is 4.79 Å². The molecule has 1 fully saturated rings. The lowest BCUT2D eigenvalue weighted by Crippen LogP contribution is -2.32. The zero-order valence-electron chi connectivity index (χ0n) is 13.3. The average molecular weight is 280 g/mol. The maximum absolute atomic E-state index is 11.5. The molecule has 0 spiro atoms. The maximum atomic E-state index is 11.5. The standard InChI is InChI=1S/C17H28O3/c1-16(2)9-7-13(11-16)8-10-20-17(3,4)12-19-15(18)14-5-6-14/h7,14H,5-6,8-12H2,1-4H3. The first kappa shape index (κ1) is 15.6. The Balaban J connectivity index is 1.63. The molecule has 0 aromatic heterocycles. The van der Waals surface area contributed by atoms with Gasteiger partial charge in [-0.15, -0.1) is 0 Å². The minimum absolute atomic E-state index is 0.0538. The Kier molecular flexibility index (Phi) is 4.58. The van der Waals surface area contributed by atoms with Gasteiger partial charge in [0.1, 0.15) is 6.61 Å². The highest BCUT2D eigenvalue weighted by Gasteiger charge is 2.33. The number of esters is 1. The van der Waals surface area contributed by atoms with Crippen molar-refractivity contribution in [2.75, 3.05) is 13.2 Å². The molecule has 0 amide bonds. The molecule has 0 radical (unpaired) electrons. The highest BCUT2D eigenvalue weighted by molar-refractivity contribution is 5.74. The first-order valence-corrected chi connectivity index (χ1v) is 7.76. The number of allylic oxidation sites excluding steroid dienone is 1. The summed E-state index contributed by atoms with van der Waals surface area (Å²) in [5, 5.41) is 0. The Morgan fingerprint density at radius 2 is 2.10 bits per heavy atom. The van der Waals surface area contributed by atoms with E-state index in [1.807, 2.05) is 13.8 Å². The van der Waals surface area contributed by atoms with Crippen LogP contribution in [-0.2, 0) is 14.3 Å². The van der Waals surface area contributed by atoms with Gasteiger partial charge in [-0.1, -0.05) is 25.5 Å². The van der Waals surface area contributed by atoms with Gasteiger partial charge in [0.25, 0.3) is 0 Å². The van der Waals surface area contributed by atoms with Crippen LogP contribution in [-0.4, -0.2) is 24.8 Å². The van der Waals surface area contributed by atoms with E-state index >= 15 is 0 Å². The Labute approximate surface area is 122 Å². The van der Waals surface area contributed by atoms with Crippen LogP contribution < -0.4 is 0 Å². The van der Waals surface area contributed by atoms with E-state index in [0.717, 1.165) is 19.3 Å². The number of hydrogen-bond acceptors (Lipinski definition) is 3. The maximum Gasteiger partial charge on any atom is 0.309 e. The second kappa shape index (κ2) is 5.88. The molecule has 3 heteroatoms. The Morgan fingerprint density at radius 1 is 1.40 bits per heavy atom. The molecule has 2 aliphatic carbocycles. The first-order chi connectivity index (χ1) is 9.27. The molecular formula is C17H28O3. The summed E-state index contributed by atoms with van der Waals surface area (Å²) in [7, 11) is 0. The molecule has 2 aliphatic rings. The molecule has 0 saturated heterocycles. The van der Waals surface area contributed by atoms with Crippen molar-refractivity contribution in [3.05, 3.63) is 11.6 Å². The van der Waals surface area contributed by atoms with Crippen LogP contribution in [0.4, 0.5) is 0 Å². The third kappa shape index (κ3) is 4.93. The summed E-state index contributed by atoms with van der Waals surface area (Å²) in [4.78, 5) is 11.5. The van der Waals surface area contributed by atoms with E-state index in [4.69, 9.17) is 9.47 Å². The van der Waals surface area contributed by atoms with Gasteiger partial charge in [0, 0.05) is 0 Å². The molecule has 0 aromatic carbocycles. The Morgan fingerprint density at radius 3 is 2.65 bits per heavy atom. The molecule has 2 rings (SSSR count). The average Bonchev–Trinajstić information content (AvgIpc) is 3.12. The molecule has 3 nitrogen and oxygen atoms in total. The lowest BCUT2D eigenvalue weighted by molar-refractivity contribution is -0.154. The SMILES string of the molecule is CC1(C)CC=C(CCOC(C)(C)COC(=O)C2CC2)C1. The number of rotatable bonds is 7. The quantitative estimate of drug-likeness (QED) is 0.524. The summed E-state index contributed by atoms with van der Waals surface area (Å²) in [6.07, 6.45) is 7.67. The zero-order chi connectivity index (χ0) is 14.8. The monoisotopic (exact) mass is 280 g/mol. The van der Waals surface area contributed by atoms with E-state index in [2.05, 4.69) is 19.9 Å². The molecule has 0 aromatic rings. The van der Waals surface area contributed by atoms with Crippen LogP contribution in [0.15, 0.2) is 11.6 Å². The van der Waals surface area contributed by atoms with Crippen LogP contribution in [0.1, 0.15) is 59.8 Å². The van der Waals surface area contributed by atoms with Crippen molar-refractivity contribution in [3.63, 3.8) is 0 Å². The number of hydrogen-bond donors (Lipinski definition) is 0. The molecule has 0 aliphatic heterocycles. The largest absolute Gasteiger partial charge is 0.462 e. The van der Waals surface area contributed by atoms with E-state index < -0.39 is 0 Å². The fourth-order valence-electron chi connectivity index (χ4n) is 2.55. The summed E-state index contributed by atoms with van der Waals surface area (Å²) in [5.41, 5.74) is 1.53. The van der Waals surface area contributed by atoms with Gasteiger partial charge in [0.05, 0.1) is 18.1 Å². The highest BCUT2D eigenvalue weighted by atomic mass is 16.6. The van der Waals surface area contributed by atoms with Crippen molar-refractivity contribution in [1.82, 2.24) is 0 Å². The van der Waals surface area contributed by atoms with Crippen molar-refractivity contribution in [1.29, 1.82) is 0 Å². The molecule has 0 atom stereocenters. The van der Waals surface area contributed by atoms with E-state index in [1.54, 1.807) is 0 Å². The van der Waals surface area contributed by atoms with Crippen molar-refractivity contribution in [3.8, 4) is 0 Å². The predicted octanol–water partition coefficient (Wildman–Crippen LogP) is 3.87. The Bertz CT molecular complexity index is 389. The van der Waals surface area contributed by atoms with E-state index in [-0.39, 0.29) is 17.5 Å². The van der Waals surface area contributed by atoms with Gasteiger partial charge >= 0.3 is 5.97 Å². The molecule has 0 heterocycles. The summed E-state index contributed by atoms with van der Waals surface area (Å²) >= 11 is 0. The third-order valence-electron chi connectivity index (χ3n) is 4.04. The molecule has 0 bridgehead atoms. The molecule has 0 unspecified atom stereocenters. The minimum Gasteiger partial charge on any atom is -0.462 e. The molecule has 0 N–H and O–H groups in total. The van der Waals surface area contributed by atoms with Crippen LogP contribution in [0.2, 0.25) is 0 Å². The van der Waals surface area contributed by atoms with E-state index in [9.17, 15) is 4.79 Å². The fourth-order valence-corrected chi connectivity index (χ4v) is 2.55. The Hall–Kier alpha value is -0.830. The molecular weight excluding hydrogens is 252 g/mol. The van der Waals surface area contributed by atoms with Gasteiger partial charge < -0.3 is 9.47 Å². The van der Waals surface area contributed by atoms with Crippen molar-refractivity contribution in [2.45, 2.75) is 65.4 Å². The lowest BCUT2D eigenvalue weighted by Gasteiger charge is -2.25. The van der Waals surface area contributed by atoms with E-state index in [1.165, 1.54) is 18.4 Å². The zero-order valence-corrected chi connectivity index (χ0v) is 13.3. The summed E-state index contributed by atoms with van der Waals surface area (Å²) in [6, 6.07) is 0. The molecule has 20 heavy (non-hydrogen) atoms. The van der Waals surface area contributed by atoms with Crippen molar-refractivity contribution < 1.29 is 14.3 Å². The van der Waals surface area contributed by atoms with Gasteiger partial charge in [-0.2, -0.15) is 0 Å². The van der Waals surface area contributed by atoms with Crippen LogP contribution >= 0.6 is 0 Å². The first-order valence-electron chi connectivity index (χ1n) is 7.76. The minimum atomic E-state index is -0.390. The lowest BCUT2D eigenvalue weighted by atomic mass is 9.89. The summed E-state index contributed by atoms with van der Waals surface area (Å²) in [6.45, 7) is 9.64. The topological polar surface area (TPSA) is 35.5 Å². The van der Waals surface area contributed by atoms with E-state index in [0.29, 0.717) is 18.6 Å². The van der Waals surface area contributed by atoms with Crippen LogP contribution in [0.5, 0.6) is 0 Å². The fraction of sp³-hybridized carbons (Fsp3) is 0.824. The summed E-state index contributed by atoms with van der Waals surface area (Å²) in [5.74, 6) is 0.110. The smallest absolute Gasteiger partial charge is 0.309 e. The van der Waals surface area contributed by atoms with Gasteiger partial charge in [0.2, 0.25) is 0 Å². The van der Waals surface area contributed by atoms with Crippen molar-refractivity contribution in [2.24, 2.45) is 11.3 Å². The van der Waals surface area contributed by atoms with Crippen LogP contribution in [0, 0.1) is 11.3 Å². The van der Waals surface area contributed by atoms with Crippen LogP contribution in [0.3, 0.4) is 0 Å². The number of ether oxygens (including phenoxy) is 2. The summed E-state index contributed by atoms with van der Waals surface area (Å²) < 4.78 is 11.2.